The Balaban J connectivity index is 2.10. The molecule has 26 heavy (non-hydrogen) atoms. The van der Waals surface area contributed by atoms with Crippen LogP contribution in [0, 0.1) is 13.8 Å². The molecule has 0 bridgehead atoms. The van der Waals surface area contributed by atoms with Gasteiger partial charge in [-0.15, -0.1) is 0 Å². The molecule has 0 fully saturated rings. The van der Waals surface area contributed by atoms with Gasteiger partial charge in [-0.3, -0.25) is 9.59 Å². The second-order valence-electron chi connectivity index (χ2n) is 6.12. The molecule has 0 saturated heterocycles. The molecule has 1 aromatic heterocycles. The molecule has 0 spiro atoms. The lowest BCUT2D eigenvalue weighted by atomic mass is 10.2. The van der Waals surface area contributed by atoms with E-state index in [0.29, 0.717) is 0 Å². The Kier molecular flexibility index (Phi) is 6.74. The van der Waals surface area contributed by atoms with Gasteiger partial charge in [0.1, 0.15) is 0 Å². The molecule has 1 heterocycles. The number of carbonyl (C=O) groups excluding carboxylic acids is 2. The third-order valence-electron chi connectivity index (χ3n) is 4.12. The van der Waals surface area contributed by atoms with Crippen LogP contribution in [0.4, 0.5) is 0 Å². The normalized spacial score (nSPS) is 12.2. The number of benzene rings is 1. The lowest BCUT2D eigenvalue weighted by molar-refractivity contribution is -0.139. The molecule has 0 radical (unpaired) electrons. The average molecular weight is 419 g/mol. The summed E-state index contributed by atoms with van der Waals surface area (Å²) >= 11 is 3.44. The minimum absolute atomic E-state index is 0.0536. The molecule has 1 atom stereocenters. The highest BCUT2D eigenvalue weighted by atomic mass is 79.9. The maximum atomic E-state index is 11.7. The van der Waals surface area contributed by atoms with Gasteiger partial charge in [-0.2, -0.15) is 5.10 Å². The van der Waals surface area contributed by atoms with Crippen molar-refractivity contribution in [2.75, 3.05) is 0 Å². The highest BCUT2D eigenvalue weighted by Crippen LogP contribution is 2.21. The van der Waals surface area contributed by atoms with Crippen molar-refractivity contribution >= 4 is 34.0 Å². The number of aryl methyl sites for hydroxylation is 1. The molecule has 1 aromatic carbocycles. The van der Waals surface area contributed by atoms with E-state index < -0.39 is 11.8 Å². The molecule has 6 nitrogen and oxygen atoms in total. The summed E-state index contributed by atoms with van der Waals surface area (Å²) in [6.07, 6.45) is 2.30. The first-order valence-electron chi connectivity index (χ1n) is 8.42. The lowest BCUT2D eigenvalue weighted by Gasteiger charge is -2.10. The summed E-state index contributed by atoms with van der Waals surface area (Å²) in [5, 5.41) is 6.51. The van der Waals surface area contributed by atoms with E-state index >= 15 is 0 Å². The van der Waals surface area contributed by atoms with Crippen molar-refractivity contribution in [3.8, 4) is 5.69 Å². The highest BCUT2D eigenvalue weighted by molar-refractivity contribution is 9.10. The van der Waals surface area contributed by atoms with Gasteiger partial charge in [-0.05, 0) is 57.5 Å². The minimum atomic E-state index is -0.775. The number of carbonyl (C=O) groups is 2. The zero-order valence-electron chi connectivity index (χ0n) is 15.3. The Morgan fingerprint density at radius 1 is 1.23 bits per heavy atom. The summed E-state index contributed by atoms with van der Waals surface area (Å²) < 4.78 is 3.12. The molecule has 138 valence electrons. The number of hydrazone groups is 1. The van der Waals surface area contributed by atoms with E-state index in [0.717, 1.165) is 33.5 Å². The van der Waals surface area contributed by atoms with Gasteiger partial charge in [0.25, 0.3) is 0 Å². The summed E-state index contributed by atoms with van der Waals surface area (Å²) in [6, 6.07) is 9.93. The summed E-state index contributed by atoms with van der Waals surface area (Å²) in [5.41, 5.74) is 6.22. The van der Waals surface area contributed by atoms with Gasteiger partial charge >= 0.3 is 11.8 Å². The Hall–Kier alpha value is -2.41. The van der Waals surface area contributed by atoms with E-state index in [9.17, 15) is 9.59 Å². The first kappa shape index (κ1) is 19.9. The van der Waals surface area contributed by atoms with E-state index in [1.807, 2.05) is 58.0 Å². The van der Waals surface area contributed by atoms with Crippen LogP contribution in [0.15, 0.2) is 39.9 Å². The van der Waals surface area contributed by atoms with Gasteiger partial charge < -0.3 is 9.88 Å². The molecule has 0 saturated carbocycles. The van der Waals surface area contributed by atoms with E-state index in [1.165, 1.54) is 0 Å². The Labute approximate surface area is 161 Å². The second-order valence-corrected chi connectivity index (χ2v) is 7.04. The van der Waals surface area contributed by atoms with E-state index in [2.05, 4.69) is 36.3 Å². The number of hydrogen-bond acceptors (Lipinski definition) is 3. The van der Waals surface area contributed by atoms with Crippen molar-refractivity contribution in [2.45, 2.75) is 40.2 Å². The number of nitrogens with zero attached hydrogens (tertiary/aromatic N) is 2. The van der Waals surface area contributed by atoms with Crippen LogP contribution in [-0.4, -0.2) is 28.6 Å². The molecule has 2 N–H and O–H groups in total. The number of aromatic nitrogens is 1. The predicted molar refractivity (Wildman–Crippen MR) is 107 cm³/mol. The van der Waals surface area contributed by atoms with Gasteiger partial charge in [-0.25, -0.2) is 5.43 Å². The van der Waals surface area contributed by atoms with E-state index in [1.54, 1.807) is 6.21 Å². The van der Waals surface area contributed by atoms with Crippen molar-refractivity contribution in [3.05, 3.63) is 51.8 Å². The molecule has 2 aromatic rings. The fourth-order valence-corrected chi connectivity index (χ4v) is 2.77. The zero-order chi connectivity index (χ0) is 19.3. The van der Waals surface area contributed by atoms with Crippen LogP contribution in [0.2, 0.25) is 0 Å². The van der Waals surface area contributed by atoms with Crippen LogP contribution < -0.4 is 10.7 Å². The zero-order valence-corrected chi connectivity index (χ0v) is 16.9. The Morgan fingerprint density at radius 2 is 1.88 bits per heavy atom. The maximum Gasteiger partial charge on any atom is 0.329 e. The number of rotatable bonds is 5. The summed E-state index contributed by atoms with van der Waals surface area (Å²) in [6.45, 7) is 7.76. The number of nitrogens with one attached hydrogen (secondary N) is 2. The van der Waals surface area contributed by atoms with E-state index in [4.69, 9.17) is 0 Å². The maximum absolute atomic E-state index is 11.7. The minimum Gasteiger partial charge on any atom is -0.345 e. The Morgan fingerprint density at radius 3 is 2.50 bits per heavy atom. The fraction of sp³-hybridized carbons (Fsp3) is 0.316. The molecule has 0 aliphatic carbocycles. The standard InChI is InChI=1S/C19H23BrN4O2/c1-5-12(2)22-18(25)19(26)23-21-11-15-10-13(3)24(14(15)4)17-8-6-16(20)7-9-17/h6-12H,5H2,1-4H3,(H,22,25)(H,23,26)/b21-11-/t12-/m0/s1. The van der Waals surface area contributed by atoms with Crippen LogP contribution >= 0.6 is 15.9 Å². The van der Waals surface area contributed by atoms with Crippen LogP contribution in [0.3, 0.4) is 0 Å². The molecular formula is C19H23BrN4O2. The van der Waals surface area contributed by atoms with Crippen LogP contribution in [-0.2, 0) is 9.59 Å². The third-order valence-corrected chi connectivity index (χ3v) is 4.65. The fourth-order valence-electron chi connectivity index (χ4n) is 2.51. The van der Waals surface area contributed by atoms with Gasteiger partial charge in [0.05, 0.1) is 6.21 Å². The predicted octanol–water partition coefficient (Wildman–Crippen LogP) is 3.22. The van der Waals surface area contributed by atoms with Gasteiger partial charge in [0.15, 0.2) is 0 Å². The van der Waals surface area contributed by atoms with Gasteiger partial charge in [0, 0.05) is 33.2 Å². The molecule has 0 aliphatic rings. The first-order valence-corrected chi connectivity index (χ1v) is 9.21. The van der Waals surface area contributed by atoms with Crippen molar-refractivity contribution < 1.29 is 9.59 Å². The van der Waals surface area contributed by atoms with Crippen molar-refractivity contribution in [3.63, 3.8) is 0 Å². The topological polar surface area (TPSA) is 75.5 Å². The molecule has 2 rings (SSSR count). The van der Waals surface area contributed by atoms with E-state index in [-0.39, 0.29) is 6.04 Å². The van der Waals surface area contributed by atoms with Crippen molar-refractivity contribution in [2.24, 2.45) is 5.10 Å². The van der Waals surface area contributed by atoms with Crippen molar-refractivity contribution in [1.29, 1.82) is 0 Å². The first-order chi connectivity index (χ1) is 12.3. The highest BCUT2D eigenvalue weighted by Gasteiger charge is 2.14. The summed E-state index contributed by atoms with van der Waals surface area (Å²) in [7, 11) is 0. The van der Waals surface area contributed by atoms with Crippen molar-refractivity contribution in [1.82, 2.24) is 15.3 Å². The molecule has 7 heteroatoms. The monoisotopic (exact) mass is 418 g/mol. The van der Waals surface area contributed by atoms with Gasteiger partial charge in [-0.1, -0.05) is 22.9 Å². The number of amides is 2. The number of hydrogen-bond donors (Lipinski definition) is 2. The van der Waals surface area contributed by atoms with Gasteiger partial charge in [0.2, 0.25) is 0 Å². The number of halogens is 1. The van der Waals surface area contributed by atoms with Crippen LogP contribution in [0.5, 0.6) is 0 Å². The third kappa shape index (κ3) is 4.82. The molecule has 0 aliphatic heterocycles. The molecule has 0 unspecified atom stereocenters. The smallest absolute Gasteiger partial charge is 0.329 e. The largest absolute Gasteiger partial charge is 0.345 e. The average Bonchev–Trinajstić information content (AvgIpc) is 2.89. The lowest BCUT2D eigenvalue weighted by Crippen LogP contribution is -2.41. The summed E-state index contributed by atoms with van der Waals surface area (Å²) in [5.74, 6) is -1.46. The van der Waals surface area contributed by atoms with Crippen LogP contribution in [0.1, 0.15) is 37.2 Å². The summed E-state index contributed by atoms with van der Waals surface area (Å²) in [4.78, 5) is 23.4. The molecule has 2 amide bonds. The SMILES string of the molecule is CC[C@H](C)NC(=O)C(=O)N/N=C\c1cc(C)n(-c2ccc(Br)cc2)c1C. The van der Waals surface area contributed by atoms with Crippen LogP contribution in [0.25, 0.3) is 5.69 Å². The Bertz CT molecular complexity index is 825. The second kappa shape index (κ2) is 8.80. The molecular weight excluding hydrogens is 396 g/mol. The quantitative estimate of drug-likeness (QED) is 0.444.